The number of methoxy groups -OCH3 is 1. The molecule has 0 spiro atoms. The van der Waals surface area contributed by atoms with Gasteiger partial charge in [-0.2, -0.15) is 0 Å². The van der Waals surface area contributed by atoms with Crippen LogP contribution in [0, 0.1) is 13.8 Å². The molecule has 2 aromatic rings. The van der Waals surface area contributed by atoms with E-state index < -0.39 is 0 Å². The van der Waals surface area contributed by atoms with Gasteiger partial charge in [0.1, 0.15) is 23.1 Å². The molecule has 0 atom stereocenters. The third-order valence-corrected chi connectivity index (χ3v) is 3.51. The normalized spacial score (nSPS) is 10.3. The molecule has 128 valence electrons. The van der Waals surface area contributed by atoms with Crippen molar-refractivity contribution in [2.75, 3.05) is 24.3 Å². The molecule has 0 saturated heterocycles. The third-order valence-electron chi connectivity index (χ3n) is 3.51. The Kier molecular flexibility index (Phi) is 6.12. The first-order valence-electron chi connectivity index (χ1n) is 8.09. The van der Waals surface area contributed by atoms with E-state index in [9.17, 15) is 4.79 Å². The van der Waals surface area contributed by atoms with Crippen LogP contribution in [0.5, 0.6) is 5.75 Å². The fraction of sp³-hybridized carbons (Fsp3) is 0.389. The number of amides is 1. The van der Waals surface area contributed by atoms with E-state index in [1.165, 1.54) is 0 Å². The van der Waals surface area contributed by atoms with Gasteiger partial charge in [0, 0.05) is 12.6 Å². The fourth-order valence-corrected chi connectivity index (χ4v) is 2.27. The molecule has 0 unspecified atom stereocenters. The maximum absolute atomic E-state index is 12.5. The highest BCUT2D eigenvalue weighted by Gasteiger charge is 2.13. The van der Waals surface area contributed by atoms with Crippen molar-refractivity contribution in [1.29, 1.82) is 0 Å². The van der Waals surface area contributed by atoms with Gasteiger partial charge >= 0.3 is 0 Å². The number of hydrogen-bond donors (Lipinski definition) is 2. The van der Waals surface area contributed by atoms with Crippen molar-refractivity contribution < 1.29 is 9.53 Å². The number of aryl methyl sites for hydroxylation is 2. The Morgan fingerprint density at radius 1 is 1.21 bits per heavy atom. The monoisotopic (exact) mass is 328 g/mol. The van der Waals surface area contributed by atoms with Crippen molar-refractivity contribution in [2.45, 2.75) is 33.6 Å². The van der Waals surface area contributed by atoms with Crippen LogP contribution in [-0.4, -0.2) is 29.5 Å². The lowest BCUT2D eigenvalue weighted by molar-refractivity contribution is 0.102. The van der Waals surface area contributed by atoms with Crippen molar-refractivity contribution in [3.8, 4) is 5.75 Å². The Balaban J connectivity index is 2.19. The van der Waals surface area contributed by atoms with Gasteiger partial charge in [0.25, 0.3) is 5.91 Å². The molecule has 1 amide bonds. The number of aromatic nitrogens is 2. The van der Waals surface area contributed by atoms with Gasteiger partial charge in [0.05, 0.1) is 12.8 Å². The molecule has 1 heterocycles. The SMILES string of the molecule is CCCCNc1cc(C(=O)Nc2cc(C)ccc2OC)nc(C)n1. The van der Waals surface area contributed by atoms with E-state index in [2.05, 4.69) is 27.5 Å². The Labute approximate surface area is 142 Å². The third kappa shape index (κ3) is 4.68. The lowest BCUT2D eigenvalue weighted by atomic mass is 10.2. The summed E-state index contributed by atoms with van der Waals surface area (Å²) in [6, 6.07) is 7.29. The van der Waals surface area contributed by atoms with Crippen molar-refractivity contribution >= 4 is 17.4 Å². The van der Waals surface area contributed by atoms with Crippen LogP contribution in [-0.2, 0) is 0 Å². The van der Waals surface area contributed by atoms with E-state index in [1.807, 2.05) is 25.1 Å². The summed E-state index contributed by atoms with van der Waals surface area (Å²) in [6.07, 6.45) is 2.14. The minimum Gasteiger partial charge on any atom is -0.495 e. The van der Waals surface area contributed by atoms with E-state index in [0.717, 1.165) is 24.9 Å². The van der Waals surface area contributed by atoms with Crippen LogP contribution in [0.4, 0.5) is 11.5 Å². The lowest BCUT2D eigenvalue weighted by Crippen LogP contribution is -2.16. The number of unbranched alkanes of at least 4 members (excludes halogenated alkanes) is 1. The summed E-state index contributed by atoms with van der Waals surface area (Å²) in [4.78, 5) is 21.1. The second-order valence-corrected chi connectivity index (χ2v) is 5.62. The number of nitrogens with one attached hydrogen (secondary N) is 2. The zero-order valence-electron chi connectivity index (χ0n) is 14.6. The molecule has 1 aromatic carbocycles. The first kappa shape index (κ1) is 17.7. The average Bonchev–Trinajstić information content (AvgIpc) is 2.55. The molecule has 0 aliphatic carbocycles. The van der Waals surface area contributed by atoms with Crippen LogP contribution in [0.15, 0.2) is 24.3 Å². The maximum atomic E-state index is 12.5. The Bertz CT molecular complexity index is 716. The number of benzene rings is 1. The number of ether oxygens (including phenoxy) is 1. The second kappa shape index (κ2) is 8.29. The Hall–Kier alpha value is -2.63. The summed E-state index contributed by atoms with van der Waals surface area (Å²) < 4.78 is 5.29. The van der Waals surface area contributed by atoms with Crippen LogP contribution in [0.3, 0.4) is 0 Å². The van der Waals surface area contributed by atoms with Gasteiger partial charge in [-0.05, 0) is 38.0 Å². The summed E-state index contributed by atoms with van der Waals surface area (Å²) in [7, 11) is 1.57. The molecule has 2 N–H and O–H groups in total. The predicted molar refractivity (Wildman–Crippen MR) is 95.9 cm³/mol. The largest absolute Gasteiger partial charge is 0.495 e. The van der Waals surface area contributed by atoms with Gasteiger partial charge in [-0.15, -0.1) is 0 Å². The number of carbonyl (C=O) groups is 1. The second-order valence-electron chi connectivity index (χ2n) is 5.62. The van der Waals surface area contributed by atoms with Crippen LogP contribution in [0.25, 0.3) is 0 Å². The average molecular weight is 328 g/mol. The number of hydrogen-bond acceptors (Lipinski definition) is 5. The highest BCUT2D eigenvalue weighted by Crippen LogP contribution is 2.25. The van der Waals surface area contributed by atoms with Gasteiger partial charge in [0.2, 0.25) is 0 Å². The van der Waals surface area contributed by atoms with Crippen molar-refractivity contribution in [1.82, 2.24) is 9.97 Å². The maximum Gasteiger partial charge on any atom is 0.274 e. The molecule has 2 rings (SSSR count). The highest BCUT2D eigenvalue weighted by molar-refractivity contribution is 6.04. The van der Waals surface area contributed by atoms with E-state index >= 15 is 0 Å². The molecule has 0 aliphatic heterocycles. The number of rotatable bonds is 7. The topological polar surface area (TPSA) is 76.1 Å². The highest BCUT2D eigenvalue weighted by atomic mass is 16.5. The van der Waals surface area contributed by atoms with Gasteiger partial charge in [-0.25, -0.2) is 9.97 Å². The molecule has 0 bridgehead atoms. The van der Waals surface area contributed by atoms with Gasteiger partial charge in [0.15, 0.2) is 0 Å². The standard InChI is InChI=1S/C18H24N4O2/c1-5-6-9-19-17-11-15(20-13(3)21-17)18(23)22-14-10-12(2)7-8-16(14)24-4/h7-8,10-11H,5-6,9H2,1-4H3,(H,22,23)(H,19,20,21). The first-order chi connectivity index (χ1) is 11.5. The lowest BCUT2D eigenvalue weighted by Gasteiger charge is -2.12. The predicted octanol–water partition coefficient (Wildman–Crippen LogP) is 3.57. The quantitative estimate of drug-likeness (QED) is 0.760. The van der Waals surface area contributed by atoms with Crippen LogP contribution < -0.4 is 15.4 Å². The molecular weight excluding hydrogens is 304 g/mol. The number of anilines is 2. The smallest absolute Gasteiger partial charge is 0.274 e. The van der Waals surface area contributed by atoms with Crippen molar-refractivity contribution in [3.63, 3.8) is 0 Å². The van der Waals surface area contributed by atoms with E-state index in [-0.39, 0.29) is 5.91 Å². The molecular formula is C18H24N4O2. The molecule has 1 aromatic heterocycles. The number of carbonyl (C=O) groups excluding carboxylic acids is 1. The summed E-state index contributed by atoms with van der Waals surface area (Å²) in [5, 5.41) is 6.08. The Morgan fingerprint density at radius 2 is 2.00 bits per heavy atom. The zero-order chi connectivity index (χ0) is 17.5. The van der Waals surface area contributed by atoms with Gasteiger partial charge in [-0.3, -0.25) is 4.79 Å². The zero-order valence-corrected chi connectivity index (χ0v) is 14.6. The van der Waals surface area contributed by atoms with Gasteiger partial charge < -0.3 is 15.4 Å². The molecule has 0 fully saturated rings. The van der Waals surface area contributed by atoms with Crippen molar-refractivity contribution in [3.05, 3.63) is 41.3 Å². The molecule has 0 aliphatic rings. The fourth-order valence-electron chi connectivity index (χ4n) is 2.27. The molecule has 6 heteroatoms. The molecule has 6 nitrogen and oxygen atoms in total. The summed E-state index contributed by atoms with van der Waals surface area (Å²) in [6.45, 7) is 6.68. The summed E-state index contributed by atoms with van der Waals surface area (Å²) in [5.41, 5.74) is 1.98. The van der Waals surface area contributed by atoms with Crippen molar-refractivity contribution in [2.24, 2.45) is 0 Å². The minimum absolute atomic E-state index is 0.289. The Morgan fingerprint density at radius 3 is 2.71 bits per heavy atom. The first-order valence-corrected chi connectivity index (χ1v) is 8.09. The number of nitrogens with zero attached hydrogens (tertiary/aromatic N) is 2. The molecule has 0 radical (unpaired) electrons. The van der Waals surface area contributed by atoms with E-state index in [0.29, 0.717) is 28.8 Å². The summed E-state index contributed by atoms with van der Waals surface area (Å²) in [5.74, 6) is 1.54. The van der Waals surface area contributed by atoms with E-state index in [1.54, 1.807) is 20.1 Å². The van der Waals surface area contributed by atoms with Gasteiger partial charge in [-0.1, -0.05) is 19.4 Å². The van der Waals surface area contributed by atoms with Crippen LogP contribution in [0.1, 0.15) is 41.6 Å². The molecule has 0 saturated carbocycles. The van der Waals surface area contributed by atoms with Crippen LogP contribution in [0.2, 0.25) is 0 Å². The van der Waals surface area contributed by atoms with Crippen LogP contribution >= 0.6 is 0 Å². The summed E-state index contributed by atoms with van der Waals surface area (Å²) >= 11 is 0. The van der Waals surface area contributed by atoms with E-state index in [4.69, 9.17) is 4.74 Å². The minimum atomic E-state index is -0.289. The molecule has 24 heavy (non-hydrogen) atoms.